The molecule has 1 aliphatic heterocycles. The Hall–Kier alpha value is -2.18. The van der Waals surface area contributed by atoms with Crippen molar-refractivity contribution in [3.63, 3.8) is 0 Å². The summed E-state index contributed by atoms with van der Waals surface area (Å²) in [5, 5.41) is 0. The lowest BCUT2D eigenvalue weighted by atomic mass is 10.0. The number of amides is 1. The van der Waals surface area contributed by atoms with Crippen LogP contribution in [-0.2, 0) is 16.1 Å². The van der Waals surface area contributed by atoms with Gasteiger partial charge < -0.3 is 19.1 Å². The summed E-state index contributed by atoms with van der Waals surface area (Å²) in [5.41, 5.74) is 3.08. The standard InChI is InChI=1S/C20H23NO4S/c1-23-13-19(22)21-8-9-25-20-16(12-21)10-15(11-18(20)24-2)14-4-6-17(26-3)7-5-14/h4-7,10-11H,8-9,12-13H2,1-3H3. The molecule has 1 heterocycles. The second-order valence-electron chi connectivity index (χ2n) is 5.99. The number of benzene rings is 2. The van der Waals surface area contributed by atoms with E-state index in [0.29, 0.717) is 31.2 Å². The third kappa shape index (κ3) is 3.97. The summed E-state index contributed by atoms with van der Waals surface area (Å²) in [6, 6.07) is 12.5. The summed E-state index contributed by atoms with van der Waals surface area (Å²) in [6.07, 6.45) is 2.06. The number of methoxy groups -OCH3 is 2. The van der Waals surface area contributed by atoms with E-state index in [9.17, 15) is 4.79 Å². The van der Waals surface area contributed by atoms with Crippen LogP contribution in [0.15, 0.2) is 41.3 Å². The summed E-state index contributed by atoms with van der Waals surface area (Å²) in [6.45, 7) is 1.51. The number of rotatable bonds is 5. The van der Waals surface area contributed by atoms with Gasteiger partial charge in [-0.25, -0.2) is 0 Å². The molecule has 0 unspecified atom stereocenters. The van der Waals surface area contributed by atoms with Crippen molar-refractivity contribution in [2.45, 2.75) is 11.4 Å². The lowest BCUT2D eigenvalue weighted by molar-refractivity contribution is -0.135. The molecule has 3 rings (SSSR count). The van der Waals surface area contributed by atoms with Gasteiger partial charge in [-0.1, -0.05) is 12.1 Å². The van der Waals surface area contributed by atoms with Gasteiger partial charge in [-0.2, -0.15) is 0 Å². The van der Waals surface area contributed by atoms with Crippen LogP contribution in [0, 0.1) is 0 Å². The predicted octanol–water partition coefficient (Wildman–Crippen LogP) is 3.45. The average Bonchev–Trinajstić information content (AvgIpc) is 2.90. The Kier molecular flexibility index (Phi) is 6.06. The first kappa shape index (κ1) is 18.6. The van der Waals surface area contributed by atoms with Crippen molar-refractivity contribution in [1.82, 2.24) is 4.90 Å². The number of fused-ring (bicyclic) bond motifs is 1. The van der Waals surface area contributed by atoms with Crippen LogP contribution in [0.25, 0.3) is 11.1 Å². The van der Waals surface area contributed by atoms with Gasteiger partial charge in [-0.05, 0) is 41.6 Å². The molecular weight excluding hydrogens is 350 g/mol. The summed E-state index contributed by atoms with van der Waals surface area (Å²) in [7, 11) is 3.16. The molecule has 2 aromatic carbocycles. The molecule has 0 N–H and O–H groups in total. The van der Waals surface area contributed by atoms with Gasteiger partial charge in [0.15, 0.2) is 11.5 Å². The van der Waals surface area contributed by atoms with Crippen molar-refractivity contribution in [1.29, 1.82) is 0 Å². The minimum atomic E-state index is -0.0438. The second kappa shape index (κ2) is 8.47. The van der Waals surface area contributed by atoms with Crippen molar-refractivity contribution >= 4 is 17.7 Å². The number of hydrogen-bond donors (Lipinski definition) is 0. The molecule has 26 heavy (non-hydrogen) atoms. The Labute approximate surface area is 158 Å². The minimum Gasteiger partial charge on any atom is -0.493 e. The van der Waals surface area contributed by atoms with Gasteiger partial charge in [-0.3, -0.25) is 4.79 Å². The maximum atomic E-state index is 12.3. The van der Waals surface area contributed by atoms with Crippen molar-refractivity contribution in [2.24, 2.45) is 0 Å². The molecule has 6 heteroatoms. The number of hydrogen-bond acceptors (Lipinski definition) is 5. The first-order valence-electron chi connectivity index (χ1n) is 8.41. The van der Waals surface area contributed by atoms with Crippen LogP contribution in [0.4, 0.5) is 0 Å². The Morgan fingerprint density at radius 1 is 1.19 bits per heavy atom. The molecule has 0 aromatic heterocycles. The van der Waals surface area contributed by atoms with E-state index in [0.717, 1.165) is 16.7 Å². The summed E-state index contributed by atoms with van der Waals surface area (Å²) in [5.74, 6) is 1.36. The zero-order valence-corrected chi connectivity index (χ0v) is 16.1. The summed E-state index contributed by atoms with van der Waals surface area (Å²) >= 11 is 1.71. The van der Waals surface area contributed by atoms with Gasteiger partial charge >= 0.3 is 0 Å². The van der Waals surface area contributed by atoms with E-state index in [1.807, 2.05) is 6.07 Å². The van der Waals surface area contributed by atoms with Gasteiger partial charge in [0.2, 0.25) is 5.91 Å². The van der Waals surface area contributed by atoms with E-state index in [1.165, 1.54) is 12.0 Å². The Morgan fingerprint density at radius 3 is 2.62 bits per heavy atom. The molecule has 0 fully saturated rings. The van der Waals surface area contributed by atoms with Gasteiger partial charge in [0.25, 0.3) is 0 Å². The fourth-order valence-corrected chi connectivity index (χ4v) is 3.42. The Morgan fingerprint density at radius 2 is 1.96 bits per heavy atom. The highest BCUT2D eigenvalue weighted by Gasteiger charge is 2.23. The van der Waals surface area contributed by atoms with Gasteiger partial charge in [0.1, 0.15) is 13.2 Å². The first-order chi connectivity index (χ1) is 12.7. The molecule has 0 radical (unpaired) electrons. The highest BCUT2D eigenvalue weighted by atomic mass is 32.2. The maximum Gasteiger partial charge on any atom is 0.248 e. The van der Waals surface area contributed by atoms with E-state index in [1.54, 1.807) is 23.8 Å². The van der Waals surface area contributed by atoms with Gasteiger partial charge in [-0.15, -0.1) is 11.8 Å². The second-order valence-corrected chi connectivity index (χ2v) is 6.87. The number of carbonyl (C=O) groups excluding carboxylic acids is 1. The number of thioether (sulfide) groups is 1. The molecule has 2 aromatic rings. The highest BCUT2D eigenvalue weighted by Crippen LogP contribution is 2.38. The molecule has 5 nitrogen and oxygen atoms in total. The number of nitrogens with zero attached hydrogens (tertiary/aromatic N) is 1. The molecule has 0 aliphatic carbocycles. The van der Waals surface area contributed by atoms with Gasteiger partial charge in [0.05, 0.1) is 13.7 Å². The third-order valence-corrected chi connectivity index (χ3v) is 5.11. The molecule has 1 aliphatic rings. The van der Waals surface area contributed by atoms with Crippen molar-refractivity contribution in [3.8, 4) is 22.6 Å². The van der Waals surface area contributed by atoms with Crippen LogP contribution in [0.2, 0.25) is 0 Å². The molecule has 0 saturated carbocycles. The molecule has 0 atom stereocenters. The predicted molar refractivity (Wildman–Crippen MR) is 103 cm³/mol. The Bertz CT molecular complexity index is 776. The van der Waals surface area contributed by atoms with Crippen LogP contribution >= 0.6 is 11.8 Å². The number of ether oxygens (including phenoxy) is 3. The molecule has 138 valence electrons. The smallest absolute Gasteiger partial charge is 0.248 e. The fraction of sp³-hybridized carbons (Fsp3) is 0.350. The lowest BCUT2D eigenvalue weighted by Crippen LogP contribution is -2.34. The third-order valence-electron chi connectivity index (χ3n) is 4.36. The zero-order chi connectivity index (χ0) is 18.5. The largest absolute Gasteiger partial charge is 0.493 e. The maximum absolute atomic E-state index is 12.3. The summed E-state index contributed by atoms with van der Waals surface area (Å²) in [4.78, 5) is 15.2. The molecule has 0 bridgehead atoms. The van der Waals surface area contributed by atoms with Crippen molar-refractivity contribution in [2.75, 3.05) is 40.2 Å². The van der Waals surface area contributed by atoms with E-state index in [-0.39, 0.29) is 12.5 Å². The monoisotopic (exact) mass is 373 g/mol. The molecule has 1 amide bonds. The van der Waals surface area contributed by atoms with Crippen molar-refractivity contribution < 1.29 is 19.0 Å². The van der Waals surface area contributed by atoms with Crippen LogP contribution in [0.1, 0.15) is 5.56 Å². The highest BCUT2D eigenvalue weighted by molar-refractivity contribution is 7.98. The average molecular weight is 373 g/mol. The topological polar surface area (TPSA) is 48.0 Å². The minimum absolute atomic E-state index is 0.0438. The van der Waals surface area contributed by atoms with Crippen molar-refractivity contribution in [3.05, 3.63) is 42.0 Å². The Balaban J connectivity index is 1.98. The fourth-order valence-electron chi connectivity index (χ4n) is 3.01. The molecule has 0 saturated heterocycles. The summed E-state index contributed by atoms with van der Waals surface area (Å²) < 4.78 is 16.4. The van der Waals surface area contributed by atoms with Crippen LogP contribution in [0.5, 0.6) is 11.5 Å². The molecule has 0 spiro atoms. The quantitative estimate of drug-likeness (QED) is 0.752. The van der Waals surface area contributed by atoms with Crippen LogP contribution in [0.3, 0.4) is 0 Å². The van der Waals surface area contributed by atoms with Gasteiger partial charge in [0, 0.05) is 24.1 Å². The van der Waals surface area contributed by atoms with Crippen LogP contribution < -0.4 is 9.47 Å². The van der Waals surface area contributed by atoms with Crippen LogP contribution in [-0.4, -0.2) is 51.0 Å². The normalized spacial score (nSPS) is 13.6. The van der Waals surface area contributed by atoms with E-state index >= 15 is 0 Å². The first-order valence-corrected chi connectivity index (χ1v) is 9.63. The SMILES string of the molecule is COCC(=O)N1CCOc2c(cc(-c3ccc(SC)cc3)cc2OC)C1. The lowest BCUT2D eigenvalue weighted by Gasteiger charge is -2.20. The van der Waals surface area contributed by atoms with E-state index in [2.05, 4.69) is 36.6 Å². The zero-order valence-electron chi connectivity index (χ0n) is 15.3. The van der Waals surface area contributed by atoms with E-state index in [4.69, 9.17) is 14.2 Å². The van der Waals surface area contributed by atoms with E-state index < -0.39 is 0 Å². The number of carbonyl (C=O) groups is 1. The molecular formula is C20H23NO4S.